The standard InChI is InChI=1S/C16H19NO3/c1-12(13-5-3-2-4-6-13)11-15(18)17-9-7-14(8-10-17)16(19)20/h2-6,11,14H,7-10H2,1H3,(H,19,20). The van der Waals surface area contributed by atoms with Crippen LogP contribution in [-0.4, -0.2) is 35.0 Å². The van der Waals surface area contributed by atoms with Crippen LogP contribution in [0, 0.1) is 5.92 Å². The van der Waals surface area contributed by atoms with Crippen molar-refractivity contribution >= 4 is 17.4 Å². The van der Waals surface area contributed by atoms with Gasteiger partial charge in [0, 0.05) is 19.2 Å². The molecule has 0 aromatic heterocycles. The first-order valence-electron chi connectivity index (χ1n) is 6.83. The van der Waals surface area contributed by atoms with Crippen molar-refractivity contribution in [2.75, 3.05) is 13.1 Å². The zero-order chi connectivity index (χ0) is 14.5. The maximum atomic E-state index is 12.2. The number of carboxylic acid groups (broad SMARTS) is 1. The van der Waals surface area contributed by atoms with Crippen molar-refractivity contribution in [2.45, 2.75) is 19.8 Å². The van der Waals surface area contributed by atoms with Gasteiger partial charge in [-0.2, -0.15) is 0 Å². The molecule has 1 aromatic carbocycles. The summed E-state index contributed by atoms with van der Waals surface area (Å²) in [5.41, 5.74) is 1.96. The van der Waals surface area contributed by atoms with Crippen molar-refractivity contribution in [3.8, 4) is 0 Å². The number of likely N-dealkylation sites (tertiary alicyclic amines) is 1. The largest absolute Gasteiger partial charge is 0.481 e. The van der Waals surface area contributed by atoms with E-state index in [1.165, 1.54) is 0 Å². The van der Waals surface area contributed by atoms with Crippen LogP contribution >= 0.6 is 0 Å². The number of hydrogen-bond acceptors (Lipinski definition) is 2. The lowest BCUT2D eigenvalue weighted by Gasteiger charge is -2.29. The van der Waals surface area contributed by atoms with Crippen LogP contribution < -0.4 is 0 Å². The highest BCUT2D eigenvalue weighted by Crippen LogP contribution is 2.19. The first-order valence-corrected chi connectivity index (χ1v) is 6.83. The molecule has 1 aliphatic heterocycles. The highest BCUT2D eigenvalue weighted by molar-refractivity contribution is 5.95. The van der Waals surface area contributed by atoms with Crippen molar-refractivity contribution in [1.29, 1.82) is 0 Å². The monoisotopic (exact) mass is 273 g/mol. The highest BCUT2D eigenvalue weighted by atomic mass is 16.4. The molecule has 4 heteroatoms. The fourth-order valence-corrected chi connectivity index (χ4v) is 2.41. The number of aliphatic carboxylic acids is 1. The molecule has 1 amide bonds. The molecule has 20 heavy (non-hydrogen) atoms. The summed E-state index contributed by atoms with van der Waals surface area (Å²) < 4.78 is 0. The Balaban J connectivity index is 1.98. The predicted octanol–water partition coefficient (Wildman–Crippen LogP) is 2.41. The van der Waals surface area contributed by atoms with E-state index < -0.39 is 5.97 Å². The third-order valence-electron chi connectivity index (χ3n) is 3.72. The minimum Gasteiger partial charge on any atom is -0.481 e. The van der Waals surface area contributed by atoms with Gasteiger partial charge in [-0.3, -0.25) is 9.59 Å². The lowest BCUT2D eigenvalue weighted by molar-refractivity contribution is -0.144. The number of piperidine rings is 1. The molecule has 0 radical (unpaired) electrons. The van der Waals surface area contributed by atoms with E-state index in [1.807, 2.05) is 37.3 Å². The molecule has 0 spiro atoms. The number of carbonyl (C=O) groups is 2. The summed E-state index contributed by atoms with van der Waals surface area (Å²) in [6.07, 6.45) is 2.72. The van der Waals surface area contributed by atoms with Crippen LogP contribution in [0.5, 0.6) is 0 Å². The molecule has 2 rings (SSSR count). The quantitative estimate of drug-likeness (QED) is 0.860. The van der Waals surface area contributed by atoms with E-state index in [2.05, 4.69) is 0 Å². The number of carboxylic acids is 1. The summed E-state index contributed by atoms with van der Waals surface area (Å²) in [6, 6.07) is 9.76. The Hall–Kier alpha value is -2.10. The van der Waals surface area contributed by atoms with Crippen molar-refractivity contribution in [3.05, 3.63) is 42.0 Å². The van der Waals surface area contributed by atoms with Gasteiger partial charge in [-0.05, 0) is 30.9 Å². The second-order valence-electron chi connectivity index (χ2n) is 5.13. The van der Waals surface area contributed by atoms with Gasteiger partial charge in [0.1, 0.15) is 0 Å². The number of rotatable bonds is 3. The Bertz CT molecular complexity index is 514. The summed E-state index contributed by atoms with van der Waals surface area (Å²) in [5, 5.41) is 8.94. The van der Waals surface area contributed by atoms with Crippen LogP contribution in [0.25, 0.3) is 5.57 Å². The number of carbonyl (C=O) groups excluding carboxylic acids is 1. The molecule has 4 nitrogen and oxygen atoms in total. The summed E-state index contributed by atoms with van der Waals surface area (Å²) in [6.45, 7) is 2.96. The van der Waals surface area contributed by atoms with Gasteiger partial charge in [0.15, 0.2) is 0 Å². The molecular weight excluding hydrogens is 254 g/mol. The molecule has 0 atom stereocenters. The number of nitrogens with zero attached hydrogens (tertiary/aromatic N) is 1. The second kappa shape index (κ2) is 6.37. The zero-order valence-corrected chi connectivity index (χ0v) is 11.6. The number of allylic oxidation sites excluding steroid dienone is 1. The Morgan fingerprint density at radius 2 is 1.80 bits per heavy atom. The van der Waals surface area contributed by atoms with E-state index in [0.717, 1.165) is 11.1 Å². The topological polar surface area (TPSA) is 57.6 Å². The van der Waals surface area contributed by atoms with Gasteiger partial charge >= 0.3 is 5.97 Å². The fourth-order valence-electron chi connectivity index (χ4n) is 2.41. The minimum absolute atomic E-state index is 0.0322. The smallest absolute Gasteiger partial charge is 0.306 e. The molecule has 1 fully saturated rings. The molecule has 0 bridgehead atoms. The van der Waals surface area contributed by atoms with Crippen LogP contribution in [0.3, 0.4) is 0 Å². The van der Waals surface area contributed by atoms with E-state index in [-0.39, 0.29) is 11.8 Å². The van der Waals surface area contributed by atoms with Crippen LogP contribution in [0.4, 0.5) is 0 Å². The van der Waals surface area contributed by atoms with Gasteiger partial charge in [0.25, 0.3) is 0 Å². The normalized spacial score (nSPS) is 17.1. The van der Waals surface area contributed by atoms with Crippen LogP contribution in [-0.2, 0) is 9.59 Å². The molecule has 1 saturated heterocycles. The minimum atomic E-state index is -0.756. The van der Waals surface area contributed by atoms with Crippen molar-refractivity contribution < 1.29 is 14.7 Å². The maximum absolute atomic E-state index is 12.2. The Kier molecular flexibility index (Phi) is 4.56. The van der Waals surface area contributed by atoms with Gasteiger partial charge in [-0.25, -0.2) is 0 Å². The van der Waals surface area contributed by atoms with Crippen molar-refractivity contribution in [2.24, 2.45) is 5.92 Å². The lowest BCUT2D eigenvalue weighted by Crippen LogP contribution is -2.39. The molecule has 0 saturated carbocycles. The van der Waals surface area contributed by atoms with Crippen LogP contribution in [0.15, 0.2) is 36.4 Å². The third kappa shape index (κ3) is 3.47. The molecule has 1 aromatic rings. The van der Waals surface area contributed by atoms with E-state index in [4.69, 9.17) is 5.11 Å². The van der Waals surface area contributed by atoms with E-state index in [0.29, 0.717) is 25.9 Å². The molecule has 1 N–H and O–H groups in total. The fraction of sp³-hybridized carbons (Fsp3) is 0.375. The second-order valence-corrected chi connectivity index (χ2v) is 5.13. The van der Waals surface area contributed by atoms with E-state index in [9.17, 15) is 9.59 Å². The first kappa shape index (κ1) is 14.3. The molecule has 1 heterocycles. The van der Waals surface area contributed by atoms with Gasteiger partial charge in [-0.1, -0.05) is 30.3 Å². The molecule has 0 aliphatic carbocycles. The van der Waals surface area contributed by atoms with Gasteiger partial charge in [0.05, 0.1) is 5.92 Å². The van der Waals surface area contributed by atoms with E-state index in [1.54, 1.807) is 11.0 Å². The van der Waals surface area contributed by atoms with Gasteiger partial charge in [-0.15, -0.1) is 0 Å². The summed E-state index contributed by atoms with van der Waals surface area (Å²) in [7, 11) is 0. The van der Waals surface area contributed by atoms with Crippen molar-refractivity contribution in [3.63, 3.8) is 0 Å². The number of hydrogen-bond donors (Lipinski definition) is 1. The number of benzene rings is 1. The lowest BCUT2D eigenvalue weighted by atomic mass is 9.97. The Morgan fingerprint density at radius 1 is 1.20 bits per heavy atom. The molecule has 106 valence electrons. The average molecular weight is 273 g/mol. The average Bonchev–Trinajstić information content (AvgIpc) is 2.48. The molecule has 1 aliphatic rings. The highest BCUT2D eigenvalue weighted by Gasteiger charge is 2.26. The molecular formula is C16H19NO3. The third-order valence-corrected chi connectivity index (χ3v) is 3.72. The zero-order valence-electron chi connectivity index (χ0n) is 11.6. The molecule has 0 unspecified atom stereocenters. The van der Waals surface area contributed by atoms with E-state index >= 15 is 0 Å². The number of amides is 1. The summed E-state index contributed by atoms with van der Waals surface area (Å²) in [4.78, 5) is 24.8. The first-order chi connectivity index (χ1) is 9.58. The van der Waals surface area contributed by atoms with Crippen molar-refractivity contribution in [1.82, 2.24) is 4.90 Å². The summed E-state index contributed by atoms with van der Waals surface area (Å²) >= 11 is 0. The van der Waals surface area contributed by atoms with Crippen LogP contribution in [0.2, 0.25) is 0 Å². The predicted molar refractivity (Wildman–Crippen MR) is 77.0 cm³/mol. The van der Waals surface area contributed by atoms with Gasteiger partial charge in [0.2, 0.25) is 5.91 Å². The van der Waals surface area contributed by atoms with Gasteiger partial charge < -0.3 is 10.0 Å². The Labute approximate surface area is 118 Å². The Morgan fingerprint density at radius 3 is 2.35 bits per heavy atom. The SMILES string of the molecule is CC(=CC(=O)N1CCC(C(=O)O)CC1)c1ccccc1. The maximum Gasteiger partial charge on any atom is 0.306 e. The van der Waals surface area contributed by atoms with Crippen LogP contribution in [0.1, 0.15) is 25.3 Å². The summed E-state index contributed by atoms with van der Waals surface area (Å²) in [5.74, 6) is -1.10.